The zero-order valence-corrected chi connectivity index (χ0v) is 9.47. The maximum absolute atomic E-state index is 11.8. The lowest BCUT2D eigenvalue weighted by Crippen LogP contribution is -2.44. The minimum absolute atomic E-state index is 0.0626. The van der Waals surface area contributed by atoms with Gasteiger partial charge in [-0.2, -0.15) is 5.10 Å². The van der Waals surface area contributed by atoms with Crippen molar-refractivity contribution in [2.45, 2.75) is 38.0 Å². The second kappa shape index (κ2) is 5.24. The lowest BCUT2D eigenvalue weighted by Gasteiger charge is -2.29. The summed E-state index contributed by atoms with van der Waals surface area (Å²) in [6, 6.07) is -0.201. The third-order valence-corrected chi connectivity index (χ3v) is 3.13. The summed E-state index contributed by atoms with van der Waals surface area (Å²) in [5, 5.41) is 18.7. The minimum atomic E-state index is -0.579. The maximum Gasteiger partial charge on any atom is 0.223 e. The van der Waals surface area contributed by atoms with E-state index in [9.17, 15) is 9.90 Å². The molecule has 0 radical (unpaired) electrons. The number of nitrogens with two attached hydrogens (primary N) is 1. The molecule has 1 amide bonds. The average Bonchev–Trinajstić information content (AvgIpc) is 2.82. The van der Waals surface area contributed by atoms with Gasteiger partial charge in [-0.25, -0.2) is 4.98 Å². The van der Waals surface area contributed by atoms with Gasteiger partial charge in [-0.1, -0.05) is 0 Å². The van der Waals surface area contributed by atoms with Gasteiger partial charge >= 0.3 is 0 Å². The van der Waals surface area contributed by atoms with E-state index >= 15 is 0 Å². The van der Waals surface area contributed by atoms with Crippen molar-refractivity contribution in [3.8, 4) is 0 Å². The summed E-state index contributed by atoms with van der Waals surface area (Å²) in [6.45, 7) is 0.331. The molecule has 3 atom stereocenters. The summed E-state index contributed by atoms with van der Waals surface area (Å²) < 4.78 is 0. The van der Waals surface area contributed by atoms with Crippen molar-refractivity contribution in [1.82, 2.24) is 20.5 Å². The highest BCUT2D eigenvalue weighted by molar-refractivity contribution is 5.78. The summed E-state index contributed by atoms with van der Waals surface area (Å²) in [7, 11) is 0. The number of aliphatic hydroxyl groups excluding tert-OH is 1. The molecule has 0 bridgehead atoms. The van der Waals surface area contributed by atoms with Gasteiger partial charge in [0.15, 0.2) is 0 Å². The first-order valence-corrected chi connectivity index (χ1v) is 5.72. The Morgan fingerprint density at radius 3 is 3.12 bits per heavy atom. The van der Waals surface area contributed by atoms with Gasteiger partial charge in [-0.15, -0.1) is 0 Å². The van der Waals surface area contributed by atoms with Crippen LogP contribution in [0.15, 0.2) is 6.33 Å². The molecule has 1 saturated carbocycles. The molecule has 94 valence electrons. The van der Waals surface area contributed by atoms with Crippen LogP contribution in [0, 0.1) is 5.92 Å². The van der Waals surface area contributed by atoms with E-state index < -0.39 is 6.10 Å². The Morgan fingerprint density at radius 1 is 1.65 bits per heavy atom. The van der Waals surface area contributed by atoms with Crippen molar-refractivity contribution in [1.29, 1.82) is 0 Å². The topological polar surface area (TPSA) is 117 Å². The minimum Gasteiger partial charge on any atom is -0.391 e. The zero-order chi connectivity index (χ0) is 12.3. The normalized spacial score (nSPS) is 28.9. The fourth-order valence-electron chi connectivity index (χ4n) is 2.04. The molecule has 1 aromatic rings. The van der Waals surface area contributed by atoms with Crippen molar-refractivity contribution < 1.29 is 9.90 Å². The number of aromatic amines is 1. The maximum atomic E-state index is 11.8. The number of rotatable bonds is 3. The van der Waals surface area contributed by atoms with Crippen LogP contribution in [0.4, 0.5) is 0 Å². The fourth-order valence-corrected chi connectivity index (χ4v) is 2.04. The molecule has 0 unspecified atom stereocenters. The van der Waals surface area contributed by atoms with Gasteiger partial charge in [0.05, 0.1) is 12.6 Å². The molecular formula is C10H17N5O2. The number of carbonyl (C=O) groups excluding carboxylic acids is 1. The summed E-state index contributed by atoms with van der Waals surface area (Å²) in [5.74, 6) is 0.395. The molecule has 7 heteroatoms. The quantitative estimate of drug-likeness (QED) is 0.534. The van der Waals surface area contributed by atoms with Crippen molar-refractivity contribution in [2.24, 2.45) is 11.7 Å². The Balaban J connectivity index is 1.80. The standard InChI is InChI=1S/C10H17N5O2/c11-7-2-1-6(3-8(7)16)10(17)12-4-9-13-5-14-15-9/h5-8,16H,1-4,11H2,(H,12,17)(H,13,14,15)/t6-,7-,8-/m0/s1. The lowest BCUT2D eigenvalue weighted by atomic mass is 9.84. The second-order valence-electron chi connectivity index (χ2n) is 4.39. The van der Waals surface area contributed by atoms with E-state index in [-0.39, 0.29) is 17.9 Å². The first kappa shape index (κ1) is 12.0. The van der Waals surface area contributed by atoms with E-state index in [1.807, 2.05) is 0 Å². The molecule has 1 fully saturated rings. The van der Waals surface area contributed by atoms with E-state index in [4.69, 9.17) is 5.73 Å². The van der Waals surface area contributed by atoms with Crippen LogP contribution in [0.25, 0.3) is 0 Å². The van der Waals surface area contributed by atoms with Crippen LogP contribution < -0.4 is 11.1 Å². The molecule has 1 aliphatic carbocycles. The smallest absolute Gasteiger partial charge is 0.223 e. The average molecular weight is 239 g/mol. The van der Waals surface area contributed by atoms with E-state index in [2.05, 4.69) is 20.5 Å². The van der Waals surface area contributed by atoms with E-state index in [1.165, 1.54) is 6.33 Å². The zero-order valence-electron chi connectivity index (χ0n) is 9.47. The molecule has 0 spiro atoms. The van der Waals surface area contributed by atoms with Crippen LogP contribution in [-0.4, -0.2) is 38.3 Å². The lowest BCUT2D eigenvalue weighted by molar-refractivity contribution is -0.127. The number of aliphatic hydroxyl groups is 1. The number of nitrogens with one attached hydrogen (secondary N) is 2. The first-order valence-electron chi connectivity index (χ1n) is 5.72. The monoisotopic (exact) mass is 239 g/mol. The number of nitrogens with zero attached hydrogens (tertiary/aromatic N) is 2. The molecule has 17 heavy (non-hydrogen) atoms. The molecule has 1 heterocycles. The predicted octanol–water partition coefficient (Wildman–Crippen LogP) is -1.09. The van der Waals surface area contributed by atoms with Gasteiger partial charge in [0.2, 0.25) is 5.91 Å². The van der Waals surface area contributed by atoms with E-state index in [0.29, 0.717) is 25.2 Å². The van der Waals surface area contributed by atoms with E-state index in [1.54, 1.807) is 0 Å². The SMILES string of the molecule is N[C@H]1CC[C@H](C(=O)NCc2ncn[nH]2)C[C@@H]1O. The molecule has 0 aromatic carbocycles. The Hall–Kier alpha value is -1.47. The van der Waals surface area contributed by atoms with Gasteiger partial charge in [-0.05, 0) is 19.3 Å². The summed E-state index contributed by atoms with van der Waals surface area (Å²) >= 11 is 0. The molecule has 0 saturated heterocycles. The number of amides is 1. The van der Waals surface area contributed by atoms with Gasteiger partial charge in [0.25, 0.3) is 0 Å². The third kappa shape index (κ3) is 3.01. The summed E-state index contributed by atoms with van der Waals surface area (Å²) in [4.78, 5) is 15.7. The van der Waals surface area contributed by atoms with Gasteiger partial charge in [-0.3, -0.25) is 9.89 Å². The number of carbonyl (C=O) groups is 1. The van der Waals surface area contributed by atoms with Gasteiger partial charge in [0.1, 0.15) is 12.2 Å². The first-order chi connectivity index (χ1) is 8.16. The second-order valence-corrected chi connectivity index (χ2v) is 4.39. The molecule has 7 nitrogen and oxygen atoms in total. The van der Waals surface area contributed by atoms with Crippen LogP contribution >= 0.6 is 0 Å². The number of hydrogen-bond donors (Lipinski definition) is 4. The molecule has 1 aromatic heterocycles. The van der Waals surface area contributed by atoms with E-state index in [0.717, 1.165) is 6.42 Å². The van der Waals surface area contributed by atoms with Gasteiger partial charge in [0, 0.05) is 12.0 Å². The van der Waals surface area contributed by atoms with Crippen LogP contribution in [0.2, 0.25) is 0 Å². The highest BCUT2D eigenvalue weighted by Gasteiger charge is 2.30. The number of hydrogen-bond acceptors (Lipinski definition) is 5. The molecule has 2 rings (SSSR count). The van der Waals surface area contributed by atoms with Crippen molar-refractivity contribution in [2.75, 3.05) is 0 Å². The molecule has 1 aliphatic rings. The van der Waals surface area contributed by atoms with Gasteiger partial charge < -0.3 is 16.2 Å². The Morgan fingerprint density at radius 2 is 2.47 bits per heavy atom. The van der Waals surface area contributed by atoms with Crippen LogP contribution in [0.3, 0.4) is 0 Å². The third-order valence-electron chi connectivity index (χ3n) is 3.13. The van der Waals surface area contributed by atoms with Crippen molar-refractivity contribution in [3.05, 3.63) is 12.2 Å². The Bertz CT molecular complexity index is 367. The largest absolute Gasteiger partial charge is 0.391 e. The van der Waals surface area contributed by atoms with Crippen LogP contribution in [-0.2, 0) is 11.3 Å². The van der Waals surface area contributed by atoms with Crippen LogP contribution in [0.5, 0.6) is 0 Å². The van der Waals surface area contributed by atoms with Crippen molar-refractivity contribution in [3.63, 3.8) is 0 Å². The fraction of sp³-hybridized carbons (Fsp3) is 0.700. The predicted molar refractivity (Wildman–Crippen MR) is 59.6 cm³/mol. The highest BCUT2D eigenvalue weighted by Crippen LogP contribution is 2.23. The molecule has 5 N–H and O–H groups in total. The Kier molecular flexibility index (Phi) is 3.70. The summed E-state index contributed by atoms with van der Waals surface area (Å²) in [6.07, 6.45) is 2.65. The van der Waals surface area contributed by atoms with Crippen LogP contribution in [0.1, 0.15) is 25.1 Å². The number of H-pyrrole nitrogens is 1. The molecule has 0 aliphatic heterocycles. The Labute approximate surface area is 98.8 Å². The number of aromatic nitrogens is 3. The molecular weight excluding hydrogens is 222 g/mol. The van der Waals surface area contributed by atoms with Crippen molar-refractivity contribution >= 4 is 5.91 Å². The summed E-state index contributed by atoms with van der Waals surface area (Å²) in [5.41, 5.74) is 5.69. The highest BCUT2D eigenvalue weighted by atomic mass is 16.3.